The van der Waals surface area contributed by atoms with Crippen LogP contribution in [0.25, 0.3) is 11.1 Å². The second kappa shape index (κ2) is 7.13. The van der Waals surface area contributed by atoms with Gasteiger partial charge in [-0.1, -0.05) is 57.1 Å². The number of nitrogens with zero attached hydrogens (tertiary/aromatic N) is 1. The molecule has 0 saturated carbocycles. The highest BCUT2D eigenvalue weighted by Crippen LogP contribution is 2.35. The number of hydrogen-bond acceptors (Lipinski definition) is 4. The fraction of sp³-hybridized carbons (Fsp3) is 0.118. The number of alkyl halides is 3. The molecule has 0 unspecified atom stereocenters. The van der Waals surface area contributed by atoms with Crippen LogP contribution in [0.5, 0.6) is 0 Å². The lowest BCUT2D eigenvalue weighted by Gasteiger charge is -2.06. The van der Waals surface area contributed by atoms with E-state index < -0.39 is 11.7 Å². The van der Waals surface area contributed by atoms with Gasteiger partial charge < -0.3 is 0 Å². The lowest BCUT2D eigenvalue weighted by Crippen LogP contribution is -2.04. The average Bonchev–Trinajstić information content (AvgIpc) is 2.98. The van der Waals surface area contributed by atoms with Gasteiger partial charge in [0.25, 0.3) is 0 Å². The largest absolute Gasteiger partial charge is 0.416 e. The first-order valence-electron chi connectivity index (χ1n) is 6.93. The van der Waals surface area contributed by atoms with E-state index in [0.717, 1.165) is 32.1 Å². The Hall–Kier alpha value is -1.57. The summed E-state index contributed by atoms with van der Waals surface area (Å²) >= 11 is 1.62. The van der Waals surface area contributed by atoms with Crippen molar-refractivity contribution in [2.45, 2.75) is 10.4 Å². The van der Waals surface area contributed by atoms with Gasteiger partial charge in [-0.25, -0.2) is 4.99 Å². The van der Waals surface area contributed by atoms with Crippen LogP contribution in [0.2, 0.25) is 0 Å². The summed E-state index contributed by atoms with van der Waals surface area (Å²) < 4.78 is 40.4. The highest BCUT2D eigenvalue weighted by atomic mass is 32.9. The molecule has 3 rings (SSSR count). The first-order valence-corrected chi connectivity index (χ1v) is 10.3. The molecule has 0 spiro atoms. The molecule has 124 valence electrons. The average molecular weight is 383 g/mol. The summed E-state index contributed by atoms with van der Waals surface area (Å²) in [7, 11) is 3.07. The van der Waals surface area contributed by atoms with E-state index in [-0.39, 0.29) is 0 Å². The van der Waals surface area contributed by atoms with E-state index in [1.165, 1.54) is 16.4 Å². The van der Waals surface area contributed by atoms with Crippen molar-refractivity contribution in [1.82, 2.24) is 0 Å². The minimum absolute atomic E-state index is 0.309. The normalized spacial score (nSPS) is 12.6. The van der Waals surface area contributed by atoms with E-state index in [1.807, 2.05) is 36.6 Å². The van der Waals surface area contributed by atoms with Crippen LogP contribution in [0.1, 0.15) is 5.56 Å². The van der Waals surface area contributed by atoms with Gasteiger partial charge >= 0.3 is 6.18 Å². The van der Waals surface area contributed by atoms with Crippen LogP contribution in [0, 0.1) is 0 Å². The zero-order valence-electron chi connectivity index (χ0n) is 12.5. The summed E-state index contributed by atoms with van der Waals surface area (Å²) in [4.78, 5) is 4.48. The topological polar surface area (TPSA) is 12.4 Å². The summed E-state index contributed by atoms with van der Waals surface area (Å²) in [5, 5.41) is 0. The van der Waals surface area contributed by atoms with Crippen molar-refractivity contribution < 1.29 is 13.2 Å². The standard InChI is InChI=1S/C17H12F3NS3/c1-22-16-14(11-6-3-2-4-7-11)15(23-24-16)21-13-9-5-8-12(10-13)17(18,19)20/h2-10H,1H3. The number of hydrogen-bond donors (Lipinski definition) is 0. The molecule has 1 heterocycles. The smallest absolute Gasteiger partial charge is 0.237 e. The van der Waals surface area contributed by atoms with Gasteiger partial charge in [0.1, 0.15) is 4.67 Å². The lowest BCUT2D eigenvalue weighted by molar-refractivity contribution is -0.137. The van der Waals surface area contributed by atoms with Gasteiger partial charge in [0, 0.05) is 5.56 Å². The number of rotatable bonds is 3. The van der Waals surface area contributed by atoms with Gasteiger partial charge in [-0.15, -0.1) is 11.8 Å². The number of thioether (sulfide) groups is 1. The molecule has 0 fully saturated rings. The van der Waals surface area contributed by atoms with Gasteiger partial charge in [0.2, 0.25) is 0 Å². The van der Waals surface area contributed by atoms with Crippen molar-refractivity contribution in [3.05, 3.63) is 64.8 Å². The zero-order valence-corrected chi connectivity index (χ0v) is 15.0. The Labute approximate surface area is 148 Å². The highest BCUT2D eigenvalue weighted by molar-refractivity contribution is 8.02. The molecule has 3 aromatic rings. The van der Waals surface area contributed by atoms with Crippen molar-refractivity contribution in [1.29, 1.82) is 0 Å². The minimum atomic E-state index is -4.36. The van der Waals surface area contributed by atoms with Crippen LogP contribution in [-0.4, -0.2) is 6.26 Å². The van der Waals surface area contributed by atoms with E-state index in [4.69, 9.17) is 0 Å². The maximum Gasteiger partial charge on any atom is 0.416 e. The van der Waals surface area contributed by atoms with Crippen LogP contribution in [0.15, 0.2) is 63.8 Å². The third kappa shape index (κ3) is 3.74. The maximum atomic E-state index is 12.9. The fourth-order valence-corrected chi connectivity index (χ4v) is 5.89. The summed E-state index contributed by atoms with van der Waals surface area (Å²) in [6.07, 6.45) is -2.38. The van der Waals surface area contributed by atoms with E-state index in [1.54, 1.807) is 28.2 Å². The minimum Gasteiger partial charge on any atom is -0.237 e. The van der Waals surface area contributed by atoms with Crippen LogP contribution in [0.4, 0.5) is 18.9 Å². The van der Waals surface area contributed by atoms with Crippen LogP contribution < -0.4 is 4.67 Å². The Balaban J connectivity index is 2.14. The van der Waals surface area contributed by atoms with E-state index >= 15 is 0 Å². The Bertz CT molecular complexity index is 895. The first kappa shape index (κ1) is 17.3. The molecule has 7 heteroatoms. The quantitative estimate of drug-likeness (QED) is 0.374. The molecule has 0 N–H and O–H groups in total. The SMILES string of the molecule is CSc1ssc(=Nc2cccc(C(F)(F)F)c2)c1-c1ccccc1. The van der Waals surface area contributed by atoms with Gasteiger partial charge in [0.05, 0.1) is 15.5 Å². The van der Waals surface area contributed by atoms with Crippen LogP contribution in [0.3, 0.4) is 0 Å². The van der Waals surface area contributed by atoms with Gasteiger partial charge in [-0.3, -0.25) is 0 Å². The molecule has 1 nitrogen and oxygen atoms in total. The fourth-order valence-electron chi connectivity index (χ4n) is 2.17. The summed E-state index contributed by atoms with van der Waals surface area (Å²) in [5.74, 6) is 0. The highest BCUT2D eigenvalue weighted by Gasteiger charge is 2.30. The molecule has 1 aromatic heterocycles. The second-order valence-corrected chi connectivity index (χ2v) is 8.07. The molecule has 0 aliphatic rings. The Kier molecular flexibility index (Phi) is 5.12. The van der Waals surface area contributed by atoms with Gasteiger partial charge in [0.15, 0.2) is 0 Å². The molecular formula is C17H12F3NS3. The molecule has 0 saturated heterocycles. The molecule has 0 atom stereocenters. The molecule has 24 heavy (non-hydrogen) atoms. The lowest BCUT2D eigenvalue weighted by atomic mass is 10.1. The number of benzene rings is 2. The molecule has 0 radical (unpaired) electrons. The molecular weight excluding hydrogens is 371 g/mol. The third-order valence-corrected chi connectivity index (χ3v) is 7.02. The maximum absolute atomic E-state index is 12.9. The third-order valence-electron chi connectivity index (χ3n) is 3.27. The van der Waals surface area contributed by atoms with Gasteiger partial charge in [-0.2, -0.15) is 13.2 Å². The molecule has 0 amide bonds. The Morgan fingerprint density at radius 2 is 1.71 bits per heavy atom. The van der Waals surface area contributed by atoms with Crippen LogP contribution >= 0.6 is 32.4 Å². The van der Waals surface area contributed by atoms with E-state index in [9.17, 15) is 13.2 Å². The van der Waals surface area contributed by atoms with E-state index in [0.29, 0.717) is 5.69 Å². The van der Waals surface area contributed by atoms with Crippen molar-refractivity contribution >= 4 is 38.1 Å². The van der Waals surface area contributed by atoms with Crippen molar-refractivity contribution in [3.63, 3.8) is 0 Å². The van der Waals surface area contributed by atoms with E-state index in [2.05, 4.69) is 4.99 Å². The molecule has 0 aliphatic heterocycles. The molecule has 0 aliphatic carbocycles. The van der Waals surface area contributed by atoms with Crippen molar-refractivity contribution in [2.24, 2.45) is 4.99 Å². The predicted octanol–water partition coefficient (Wildman–Crippen LogP) is 6.45. The zero-order chi connectivity index (χ0) is 17.2. The number of halogens is 3. The molecule has 0 bridgehead atoms. The summed E-state index contributed by atoms with van der Waals surface area (Å²) in [6, 6.07) is 14.9. The summed E-state index contributed by atoms with van der Waals surface area (Å²) in [5.41, 5.74) is 1.62. The van der Waals surface area contributed by atoms with Crippen molar-refractivity contribution in [2.75, 3.05) is 6.26 Å². The first-order chi connectivity index (χ1) is 11.5. The summed E-state index contributed by atoms with van der Waals surface area (Å²) in [6.45, 7) is 0. The predicted molar refractivity (Wildman–Crippen MR) is 96.1 cm³/mol. The monoisotopic (exact) mass is 383 g/mol. The second-order valence-electron chi connectivity index (χ2n) is 4.86. The van der Waals surface area contributed by atoms with Crippen molar-refractivity contribution in [3.8, 4) is 11.1 Å². The Morgan fingerprint density at radius 3 is 2.38 bits per heavy atom. The van der Waals surface area contributed by atoms with Gasteiger partial charge in [-0.05, 0) is 30.0 Å². The Morgan fingerprint density at radius 1 is 0.958 bits per heavy atom. The van der Waals surface area contributed by atoms with Crippen LogP contribution in [-0.2, 0) is 6.18 Å². The molecule has 2 aromatic carbocycles.